The second-order valence-corrected chi connectivity index (χ2v) is 7.30. The number of hydrogen-bond donors (Lipinski definition) is 0. The molecule has 0 unspecified atom stereocenters. The molecule has 6 heteroatoms. The molecule has 0 saturated heterocycles. The van der Waals surface area contributed by atoms with Crippen molar-refractivity contribution in [3.8, 4) is 0 Å². The third kappa shape index (κ3) is 2.94. The standard InChI is InChI=1S/C18H20N2O3S/c1-10-16(24-12(3)19-10)11(2)20(4)17(21)15-9-13-7-5-6-8-14(13)18(22)23-15/h5-8,11,15H,9H2,1-4H3/t11-,15+/m1/s1. The molecule has 0 fully saturated rings. The van der Waals surface area contributed by atoms with Crippen LogP contribution in [0.2, 0.25) is 0 Å². The molecule has 0 radical (unpaired) electrons. The van der Waals surface area contributed by atoms with Crippen LogP contribution in [0.15, 0.2) is 24.3 Å². The number of aromatic nitrogens is 1. The molecule has 126 valence electrons. The third-order valence-corrected chi connectivity index (χ3v) is 5.66. The highest BCUT2D eigenvalue weighted by Gasteiger charge is 2.34. The summed E-state index contributed by atoms with van der Waals surface area (Å²) in [5.41, 5.74) is 2.35. The van der Waals surface area contributed by atoms with Crippen molar-refractivity contribution in [3.05, 3.63) is 51.0 Å². The number of likely N-dealkylation sites (N-methyl/N-ethyl adjacent to an activating group) is 1. The predicted molar refractivity (Wildman–Crippen MR) is 92.1 cm³/mol. The van der Waals surface area contributed by atoms with Crippen molar-refractivity contribution in [2.75, 3.05) is 7.05 Å². The highest BCUT2D eigenvalue weighted by Crippen LogP contribution is 2.30. The van der Waals surface area contributed by atoms with E-state index in [0.717, 1.165) is 21.1 Å². The second kappa shape index (κ2) is 6.36. The average Bonchev–Trinajstić information content (AvgIpc) is 2.91. The zero-order valence-electron chi connectivity index (χ0n) is 14.2. The third-order valence-electron chi connectivity index (χ3n) is 4.41. The summed E-state index contributed by atoms with van der Waals surface area (Å²) < 4.78 is 5.37. The van der Waals surface area contributed by atoms with E-state index >= 15 is 0 Å². The van der Waals surface area contributed by atoms with Gasteiger partial charge in [0.1, 0.15) is 0 Å². The fourth-order valence-electron chi connectivity index (χ4n) is 3.00. The van der Waals surface area contributed by atoms with Gasteiger partial charge >= 0.3 is 5.97 Å². The summed E-state index contributed by atoms with van der Waals surface area (Å²) in [4.78, 5) is 32.1. The Bertz CT molecular complexity index is 799. The number of amides is 1. The van der Waals surface area contributed by atoms with Crippen LogP contribution in [-0.4, -0.2) is 34.9 Å². The number of carbonyl (C=O) groups excluding carboxylic acids is 2. The van der Waals surface area contributed by atoms with Crippen LogP contribution in [0, 0.1) is 13.8 Å². The first kappa shape index (κ1) is 16.6. The van der Waals surface area contributed by atoms with Crippen LogP contribution in [0.1, 0.15) is 44.5 Å². The number of nitrogens with zero attached hydrogens (tertiary/aromatic N) is 2. The molecule has 3 rings (SSSR count). The Morgan fingerprint density at radius 1 is 1.38 bits per heavy atom. The Kier molecular flexibility index (Phi) is 4.41. The minimum atomic E-state index is -0.769. The molecule has 1 aromatic heterocycles. The maximum Gasteiger partial charge on any atom is 0.339 e. The summed E-state index contributed by atoms with van der Waals surface area (Å²) in [6.07, 6.45) is -0.354. The van der Waals surface area contributed by atoms with Gasteiger partial charge in [0.25, 0.3) is 5.91 Å². The van der Waals surface area contributed by atoms with Gasteiger partial charge in [0.15, 0.2) is 6.10 Å². The maximum absolute atomic E-state index is 12.8. The van der Waals surface area contributed by atoms with Crippen molar-refractivity contribution in [2.24, 2.45) is 0 Å². The summed E-state index contributed by atoms with van der Waals surface area (Å²) in [6, 6.07) is 7.16. The van der Waals surface area contributed by atoms with Gasteiger partial charge in [0.05, 0.1) is 22.3 Å². The summed E-state index contributed by atoms with van der Waals surface area (Å²) in [6.45, 7) is 5.87. The monoisotopic (exact) mass is 344 g/mol. The van der Waals surface area contributed by atoms with E-state index in [1.54, 1.807) is 35.4 Å². The van der Waals surface area contributed by atoms with Gasteiger partial charge in [-0.2, -0.15) is 0 Å². The van der Waals surface area contributed by atoms with Gasteiger partial charge in [0.2, 0.25) is 0 Å². The zero-order valence-corrected chi connectivity index (χ0v) is 15.0. The van der Waals surface area contributed by atoms with Crippen LogP contribution in [0.3, 0.4) is 0 Å². The summed E-state index contributed by atoms with van der Waals surface area (Å²) in [5, 5.41) is 0.980. The van der Waals surface area contributed by atoms with Gasteiger partial charge in [-0.15, -0.1) is 11.3 Å². The largest absolute Gasteiger partial charge is 0.448 e. The van der Waals surface area contributed by atoms with E-state index < -0.39 is 12.1 Å². The first-order chi connectivity index (χ1) is 11.4. The normalized spacial score (nSPS) is 17.8. The van der Waals surface area contributed by atoms with E-state index in [0.29, 0.717) is 12.0 Å². The van der Waals surface area contributed by atoms with Crippen molar-refractivity contribution in [3.63, 3.8) is 0 Å². The molecule has 24 heavy (non-hydrogen) atoms. The van der Waals surface area contributed by atoms with E-state index in [1.165, 1.54) is 0 Å². The van der Waals surface area contributed by atoms with Crippen LogP contribution in [0.5, 0.6) is 0 Å². The Morgan fingerprint density at radius 2 is 2.08 bits per heavy atom. The van der Waals surface area contributed by atoms with Crippen molar-refractivity contribution < 1.29 is 14.3 Å². The second-order valence-electron chi connectivity index (χ2n) is 6.06. The van der Waals surface area contributed by atoms with Crippen LogP contribution >= 0.6 is 11.3 Å². The van der Waals surface area contributed by atoms with E-state index in [4.69, 9.17) is 4.74 Å². The van der Waals surface area contributed by atoms with E-state index in [9.17, 15) is 9.59 Å². The van der Waals surface area contributed by atoms with Gasteiger partial charge < -0.3 is 9.64 Å². The van der Waals surface area contributed by atoms with Gasteiger partial charge in [0, 0.05) is 18.3 Å². The molecule has 2 atom stereocenters. The molecule has 1 amide bonds. The van der Waals surface area contributed by atoms with Crippen LogP contribution in [-0.2, 0) is 16.0 Å². The van der Waals surface area contributed by atoms with Crippen molar-refractivity contribution in [2.45, 2.75) is 39.3 Å². The van der Waals surface area contributed by atoms with Crippen LogP contribution in [0.4, 0.5) is 0 Å². The zero-order chi connectivity index (χ0) is 17.4. The molecule has 0 bridgehead atoms. The van der Waals surface area contributed by atoms with Crippen LogP contribution in [0.25, 0.3) is 0 Å². The number of aryl methyl sites for hydroxylation is 2. The number of fused-ring (bicyclic) bond motifs is 1. The fourth-order valence-corrected chi connectivity index (χ4v) is 4.02. The number of esters is 1. The topological polar surface area (TPSA) is 59.5 Å². The first-order valence-electron chi connectivity index (χ1n) is 7.88. The number of hydrogen-bond acceptors (Lipinski definition) is 5. The minimum absolute atomic E-state index is 0.112. The van der Waals surface area contributed by atoms with Gasteiger partial charge in [-0.3, -0.25) is 4.79 Å². The van der Waals surface area contributed by atoms with Crippen molar-refractivity contribution in [1.29, 1.82) is 0 Å². The molecule has 1 aromatic carbocycles. The van der Waals surface area contributed by atoms with Gasteiger partial charge in [-0.1, -0.05) is 18.2 Å². The average molecular weight is 344 g/mol. The van der Waals surface area contributed by atoms with Crippen LogP contribution < -0.4 is 0 Å². The number of benzene rings is 1. The highest BCUT2D eigenvalue weighted by molar-refractivity contribution is 7.11. The Balaban J connectivity index is 1.79. The lowest BCUT2D eigenvalue weighted by molar-refractivity contribution is -0.141. The van der Waals surface area contributed by atoms with Crippen molar-refractivity contribution >= 4 is 23.2 Å². The number of thiazole rings is 1. The molecule has 1 aliphatic heterocycles. The summed E-state index contributed by atoms with van der Waals surface area (Å²) >= 11 is 1.59. The summed E-state index contributed by atoms with van der Waals surface area (Å²) in [7, 11) is 1.75. The quantitative estimate of drug-likeness (QED) is 0.803. The number of carbonyl (C=O) groups is 2. The molecular formula is C18H20N2O3S. The lowest BCUT2D eigenvalue weighted by Crippen LogP contribution is -2.43. The number of ether oxygens (including phenoxy) is 1. The molecule has 0 saturated carbocycles. The minimum Gasteiger partial charge on any atom is -0.448 e. The Labute approximate surface area is 145 Å². The Hall–Kier alpha value is -2.21. The summed E-state index contributed by atoms with van der Waals surface area (Å²) in [5.74, 6) is -0.614. The van der Waals surface area contributed by atoms with Gasteiger partial charge in [-0.05, 0) is 32.4 Å². The molecular weight excluding hydrogens is 324 g/mol. The lowest BCUT2D eigenvalue weighted by Gasteiger charge is -2.30. The molecule has 0 aliphatic carbocycles. The van der Waals surface area contributed by atoms with E-state index in [2.05, 4.69) is 4.98 Å². The highest BCUT2D eigenvalue weighted by atomic mass is 32.1. The van der Waals surface area contributed by atoms with Gasteiger partial charge in [-0.25, -0.2) is 9.78 Å². The SMILES string of the molecule is Cc1nc(C)c([C@@H](C)N(C)C(=O)[C@@H]2Cc3ccccc3C(=O)O2)s1. The smallest absolute Gasteiger partial charge is 0.339 e. The molecule has 0 N–H and O–H groups in total. The predicted octanol–water partition coefficient (Wildman–Crippen LogP) is 3.06. The lowest BCUT2D eigenvalue weighted by atomic mass is 9.98. The molecule has 5 nitrogen and oxygen atoms in total. The Morgan fingerprint density at radius 3 is 2.75 bits per heavy atom. The first-order valence-corrected chi connectivity index (χ1v) is 8.69. The van der Waals surface area contributed by atoms with Crippen molar-refractivity contribution in [1.82, 2.24) is 9.88 Å². The van der Waals surface area contributed by atoms with E-state index in [1.807, 2.05) is 32.9 Å². The molecule has 2 aromatic rings. The van der Waals surface area contributed by atoms with E-state index in [-0.39, 0.29) is 11.9 Å². The number of rotatable bonds is 3. The molecule has 2 heterocycles. The maximum atomic E-state index is 12.8. The molecule has 1 aliphatic rings. The fraction of sp³-hybridized carbons (Fsp3) is 0.389. The molecule has 0 spiro atoms. The number of cyclic esters (lactones) is 1.